The fraction of sp³-hybridized carbons (Fsp3) is 0.318. The Morgan fingerprint density at radius 3 is 2.29 bits per heavy atom. The van der Waals surface area contributed by atoms with Crippen LogP contribution in [-0.2, 0) is 11.4 Å². The van der Waals surface area contributed by atoms with E-state index in [9.17, 15) is 5.11 Å². The predicted molar refractivity (Wildman–Crippen MR) is 106 cm³/mol. The molecule has 3 aromatic rings. The van der Waals surface area contributed by atoms with Crippen LogP contribution in [0.3, 0.4) is 0 Å². The van der Waals surface area contributed by atoms with E-state index in [-0.39, 0.29) is 18.8 Å². The second-order valence-corrected chi connectivity index (χ2v) is 7.41. The van der Waals surface area contributed by atoms with Gasteiger partial charge in [0.15, 0.2) is 6.61 Å². The first kappa shape index (κ1) is 17.1. The molecule has 2 aliphatic carbocycles. The number of benzene rings is 2. The Hall–Kier alpha value is -2.99. The Bertz CT molecular complexity index is 979. The molecule has 2 aromatic carbocycles. The average molecular weight is 374 g/mol. The molecule has 1 aromatic heterocycles. The molecular formula is C22H22N4O2. The van der Waals surface area contributed by atoms with Gasteiger partial charge < -0.3 is 9.94 Å². The van der Waals surface area contributed by atoms with E-state index in [4.69, 9.17) is 4.84 Å². The number of hydrogen-bond acceptors (Lipinski definition) is 5. The topological polar surface area (TPSA) is 72.5 Å². The number of fused-ring (bicyclic) bond motifs is 3. The number of aliphatic hydroxyl groups excluding tert-OH is 1. The van der Waals surface area contributed by atoms with Gasteiger partial charge in [0.2, 0.25) is 0 Å². The Balaban J connectivity index is 1.34. The van der Waals surface area contributed by atoms with E-state index in [0.29, 0.717) is 5.69 Å². The quantitative estimate of drug-likeness (QED) is 0.553. The van der Waals surface area contributed by atoms with Crippen LogP contribution in [0, 0.1) is 0 Å². The van der Waals surface area contributed by atoms with E-state index in [2.05, 4.69) is 39.7 Å². The zero-order valence-electron chi connectivity index (χ0n) is 15.5. The van der Waals surface area contributed by atoms with Gasteiger partial charge in [-0.15, -0.1) is 5.10 Å². The van der Waals surface area contributed by atoms with Crippen molar-refractivity contribution in [1.82, 2.24) is 15.0 Å². The minimum absolute atomic E-state index is 0.00917. The summed E-state index contributed by atoms with van der Waals surface area (Å²) in [5, 5.41) is 23.0. The molecule has 0 saturated heterocycles. The van der Waals surface area contributed by atoms with E-state index in [0.717, 1.165) is 42.5 Å². The summed E-state index contributed by atoms with van der Waals surface area (Å²) < 4.78 is 1.77. The van der Waals surface area contributed by atoms with Gasteiger partial charge in [0.05, 0.1) is 18.3 Å². The van der Waals surface area contributed by atoms with Gasteiger partial charge >= 0.3 is 0 Å². The van der Waals surface area contributed by atoms with Crippen molar-refractivity contribution >= 4 is 5.71 Å². The molecule has 0 radical (unpaired) electrons. The summed E-state index contributed by atoms with van der Waals surface area (Å²) in [6.07, 6.45) is 5.44. The standard InChI is InChI=1S/C22H22N4O2/c27-21-12-6-5-11-20(21)26-13-15(23-25-26)14-28-24-22-18-9-3-1-7-16(18)17-8-2-4-10-19(17)22/h1-4,7-10,13,20-21,27H,5-6,11-12,14H2. The van der Waals surface area contributed by atoms with E-state index >= 15 is 0 Å². The largest absolute Gasteiger partial charge is 0.391 e. The summed E-state index contributed by atoms with van der Waals surface area (Å²) in [6.45, 7) is 0.247. The minimum atomic E-state index is -0.351. The Kier molecular flexibility index (Phi) is 4.41. The maximum Gasteiger partial charge on any atom is 0.162 e. The van der Waals surface area contributed by atoms with E-state index in [1.165, 1.54) is 11.1 Å². The lowest BCUT2D eigenvalue weighted by Crippen LogP contribution is -2.27. The second-order valence-electron chi connectivity index (χ2n) is 7.41. The van der Waals surface area contributed by atoms with Crippen molar-refractivity contribution in [2.24, 2.45) is 5.16 Å². The summed E-state index contributed by atoms with van der Waals surface area (Å²) >= 11 is 0. The molecule has 1 saturated carbocycles. The highest BCUT2D eigenvalue weighted by molar-refractivity contribution is 6.24. The van der Waals surface area contributed by atoms with Crippen molar-refractivity contribution in [1.29, 1.82) is 0 Å². The molecule has 1 N–H and O–H groups in total. The van der Waals surface area contributed by atoms with Crippen molar-refractivity contribution in [2.45, 2.75) is 44.4 Å². The van der Waals surface area contributed by atoms with Crippen LogP contribution in [0.4, 0.5) is 0 Å². The fourth-order valence-electron chi connectivity index (χ4n) is 4.20. The summed E-state index contributed by atoms with van der Waals surface area (Å²) in [4.78, 5) is 5.65. The molecule has 0 bridgehead atoms. The summed E-state index contributed by atoms with van der Waals surface area (Å²) in [5.41, 5.74) is 6.08. The van der Waals surface area contributed by atoms with Crippen molar-refractivity contribution in [3.8, 4) is 11.1 Å². The maximum atomic E-state index is 10.2. The Morgan fingerprint density at radius 1 is 0.964 bits per heavy atom. The number of aromatic nitrogens is 3. The van der Waals surface area contributed by atoms with E-state index < -0.39 is 0 Å². The van der Waals surface area contributed by atoms with Crippen LogP contribution in [0.25, 0.3) is 11.1 Å². The van der Waals surface area contributed by atoms with E-state index in [1.54, 1.807) is 4.68 Å². The third-order valence-corrected chi connectivity index (χ3v) is 5.61. The Labute approximate surface area is 163 Å². The molecule has 1 heterocycles. The molecule has 2 atom stereocenters. The molecule has 28 heavy (non-hydrogen) atoms. The third-order valence-electron chi connectivity index (χ3n) is 5.61. The summed E-state index contributed by atoms with van der Waals surface area (Å²) in [5.74, 6) is 0. The van der Waals surface area contributed by atoms with Crippen LogP contribution in [0.2, 0.25) is 0 Å². The highest BCUT2D eigenvalue weighted by Gasteiger charge is 2.26. The van der Waals surface area contributed by atoms with Gasteiger partial charge in [0.1, 0.15) is 11.4 Å². The summed E-state index contributed by atoms with van der Waals surface area (Å²) in [7, 11) is 0. The van der Waals surface area contributed by atoms with Crippen molar-refractivity contribution in [3.63, 3.8) is 0 Å². The first-order valence-electron chi connectivity index (χ1n) is 9.79. The summed E-state index contributed by atoms with van der Waals surface area (Å²) in [6, 6.07) is 16.5. The molecule has 2 aliphatic rings. The van der Waals surface area contributed by atoms with Gasteiger partial charge in [-0.25, -0.2) is 4.68 Å². The molecule has 0 amide bonds. The number of oxime groups is 1. The minimum Gasteiger partial charge on any atom is -0.391 e. The van der Waals surface area contributed by atoms with Crippen LogP contribution in [-0.4, -0.2) is 31.9 Å². The van der Waals surface area contributed by atoms with Crippen molar-refractivity contribution in [2.75, 3.05) is 0 Å². The van der Waals surface area contributed by atoms with Crippen LogP contribution in [0.15, 0.2) is 59.9 Å². The van der Waals surface area contributed by atoms with Gasteiger partial charge in [-0.1, -0.05) is 71.7 Å². The van der Waals surface area contributed by atoms with Gasteiger partial charge in [-0.05, 0) is 24.0 Å². The Morgan fingerprint density at radius 2 is 1.61 bits per heavy atom. The molecule has 5 rings (SSSR count). The van der Waals surface area contributed by atoms with Crippen molar-refractivity contribution < 1.29 is 9.94 Å². The molecule has 2 unspecified atom stereocenters. The van der Waals surface area contributed by atoms with Crippen LogP contribution in [0.1, 0.15) is 48.5 Å². The predicted octanol–water partition coefficient (Wildman–Crippen LogP) is 3.70. The highest BCUT2D eigenvalue weighted by atomic mass is 16.6. The van der Waals surface area contributed by atoms with Gasteiger partial charge in [-0.2, -0.15) is 0 Å². The lowest BCUT2D eigenvalue weighted by Gasteiger charge is -2.27. The maximum absolute atomic E-state index is 10.2. The first-order chi connectivity index (χ1) is 13.8. The molecule has 0 spiro atoms. The van der Waals surface area contributed by atoms with Gasteiger partial charge in [-0.3, -0.25) is 0 Å². The smallest absolute Gasteiger partial charge is 0.162 e. The molecular weight excluding hydrogens is 352 g/mol. The average Bonchev–Trinajstić information content (AvgIpc) is 3.32. The number of hydrogen-bond donors (Lipinski definition) is 1. The molecule has 0 aliphatic heterocycles. The lowest BCUT2D eigenvalue weighted by molar-refractivity contribution is 0.0684. The number of nitrogens with zero attached hydrogens (tertiary/aromatic N) is 4. The van der Waals surface area contributed by atoms with Gasteiger partial charge in [0.25, 0.3) is 0 Å². The lowest BCUT2D eigenvalue weighted by atomic mass is 9.93. The van der Waals surface area contributed by atoms with Crippen LogP contribution < -0.4 is 0 Å². The third kappa shape index (κ3) is 2.99. The van der Waals surface area contributed by atoms with Crippen molar-refractivity contribution in [3.05, 3.63) is 71.5 Å². The molecule has 6 heteroatoms. The SMILES string of the molecule is OC1CCCCC1n1cc(CON=C2c3ccccc3-c3ccccc32)nn1. The zero-order valence-corrected chi connectivity index (χ0v) is 15.5. The number of rotatable bonds is 4. The molecule has 1 fully saturated rings. The molecule has 142 valence electrons. The van der Waals surface area contributed by atoms with Crippen LogP contribution in [0.5, 0.6) is 0 Å². The second kappa shape index (κ2) is 7.20. The number of aliphatic hydroxyl groups is 1. The molecule has 6 nitrogen and oxygen atoms in total. The van der Waals surface area contributed by atoms with E-state index in [1.807, 2.05) is 30.5 Å². The highest BCUT2D eigenvalue weighted by Crippen LogP contribution is 2.36. The fourth-order valence-corrected chi connectivity index (χ4v) is 4.20. The first-order valence-corrected chi connectivity index (χ1v) is 9.79. The monoisotopic (exact) mass is 374 g/mol. The van der Waals surface area contributed by atoms with Crippen LogP contribution >= 0.6 is 0 Å². The zero-order chi connectivity index (χ0) is 18.9. The van der Waals surface area contributed by atoms with Gasteiger partial charge in [0, 0.05) is 11.1 Å². The normalized spacial score (nSPS) is 20.5.